The van der Waals surface area contributed by atoms with Crippen molar-refractivity contribution in [3.63, 3.8) is 0 Å². The fourth-order valence-electron chi connectivity index (χ4n) is 2.05. The van der Waals surface area contributed by atoms with Gasteiger partial charge in [-0.05, 0) is 31.9 Å². The average Bonchev–Trinajstić information content (AvgIpc) is 2.87. The fraction of sp³-hybridized carbons (Fsp3) is 0.467. The highest BCUT2D eigenvalue weighted by molar-refractivity contribution is 9.10. The third-order valence-corrected chi connectivity index (χ3v) is 3.74. The molecule has 0 aliphatic heterocycles. The first-order valence-corrected chi connectivity index (χ1v) is 7.70. The van der Waals surface area contributed by atoms with E-state index in [2.05, 4.69) is 33.0 Å². The van der Waals surface area contributed by atoms with Gasteiger partial charge in [-0.1, -0.05) is 46.6 Å². The van der Waals surface area contributed by atoms with Gasteiger partial charge in [-0.2, -0.15) is 4.98 Å². The van der Waals surface area contributed by atoms with Gasteiger partial charge in [-0.3, -0.25) is 0 Å². The zero-order valence-electron chi connectivity index (χ0n) is 11.8. The van der Waals surface area contributed by atoms with Crippen molar-refractivity contribution < 1.29 is 4.52 Å². The molecule has 2 atom stereocenters. The lowest BCUT2D eigenvalue weighted by Gasteiger charge is -2.07. The quantitative estimate of drug-likeness (QED) is 0.860. The molecule has 0 spiro atoms. The summed E-state index contributed by atoms with van der Waals surface area (Å²) in [4.78, 5) is 4.49. The van der Waals surface area contributed by atoms with Crippen molar-refractivity contribution in [2.24, 2.45) is 5.73 Å². The lowest BCUT2D eigenvalue weighted by Crippen LogP contribution is -2.14. The molecule has 2 N–H and O–H groups in total. The molecule has 0 saturated carbocycles. The van der Waals surface area contributed by atoms with E-state index in [9.17, 15) is 0 Å². The summed E-state index contributed by atoms with van der Waals surface area (Å²) in [7, 11) is 0. The van der Waals surface area contributed by atoms with Crippen LogP contribution in [-0.2, 0) is 0 Å². The van der Waals surface area contributed by atoms with Gasteiger partial charge in [-0.25, -0.2) is 0 Å². The fourth-order valence-corrected chi connectivity index (χ4v) is 2.45. The van der Waals surface area contributed by atoms with Crippen molar-refractivity contribution in [2.45, 2.75) is 45.1 Å². The number of nitrogens with two attached hydrogens (primary N) is 1. The van der Waals surface area contributed by atoms with Gasteiger partial charge in [0.25, 0.3) is 0 Å². The van der Waals surface area contributed by atoms with E-state index in [0.717, 1.165) is 29.3 Å². The highest BCUT2D eigenvalue weighted by Crippen LogP contribution is 2.25. The summed E-state index contributed by atoms with van der Waals surface area (Å²) < 4.78 is 6.38. The Bertz CT molecular complexity index is 554. The van der Waals surface area contributed by atoms with Gasteiger partial charge in [0.05, 0.1) is 0 Å². The first-order valence-electron chi connectivity index (χ1n) is 6.91. The van der Waals surface area contributed by atoms with E-state index < -0.39 is 0 Å². The zero-order valence-corrected chi connectivity index (χ0v) is 13.4. The van der Waals surface area contributed by atoms with E-state index in [1.807, 2.05) is 31.2 Å². The molecule has 0 aliphatic carbocycles. The third-order valence-electron chi connectivity index (χ3n) is 3.24. The van der Waals surface area contributed by atoms with E-state index in [4.69, 9.17) is 10.3 Å². The SMILES string of the molecule is CC(N)CCCC(C)c1nc(-c2cccc(Br)c2)no1. The maximum atomic E-state index is 5.76. The minimum Gasteiger partial charge on any atom is -0.339 e. The van der Waals surface area contributed by atoms with Crippen LogP contribution in [0.2, 0.25) is 0 Å². The number of nitrogens with zero attached hydrogens (tertiary/aromatic N) is 2. The zero-order chi connectivity index (χ0) is 14.5. The van der Waals surface area contributed by atoms with Crippen LogP contribution in [0.4, 0.5) is 0 Å². The standard InChI is InChI=1S/C15H20BrN3O/c1-10(5-3-6-11(2)17)15-18-14(19-20-15)12-7-4-8-13(16)9-12/h4,7-11H,3,5-6,17H2,1-2H3. The molecule has 5 heteroatoms. The molecule has 0 radical (unpaired) electrons. The summed E-state index contributed by atoms with van der Waals surface area (Å²) in [6, 6.07) is 8.14. The van der Waals surface area contributed by atoms with Crippen molar-refractivity contribution in [1.82, 2.24) is 10.1 Å². The first-order chi connectivity index (χ1) is 9.56. The third kappa shape index (κ3) is 4.15. The van der Waals surface area contributed by atoms with Crippen molar-refractivity contribution in [3.8, 4) is 11.4 Å². The topological polar surface area (TPSA) is 64.9 Å². The largest absolute Gasteiger partial charge is 0.339 e. The van der Waals surface area contributed by atoms with E-state index in [-0.39, 0.29) is 12.0 Å². The second-order valence-electron chi connectivity index (χ2n) is 5.28. The molecule has 0 saturated heterocycles. The Balaban J connectivity index is 2.01. The van der Waals surface area contributed by atoms with Gasteiger partial charge >= 0.3 is 0 Å². The summed E-state index contributed by atoms with van der Waals surface area (Å²) in [5, 5.41) is 4.06. The maximum Gasteiger partial charge on any atom is 0.229 e. The molecule has 4 nitrogen and oxygen atoms in total. The molecule has 1 heterocycles. The second kappa shape index (κ2) is 6.99. The van der Waals surface area contributed by atoms with E-state index in [1.165, 1.54) is 0 Å². The Kier molecular flexibility index (Phi) is 5.31. The summed E-state index contributed by atoms with van der Waals surface area (Å²) in [6.45, 7) is 4.14. The molecule has 1 aromatic carbocycles. The summed E-state index contributed by atoms with van der Waals surface area (Å²) in [5.41, 5.74) is 6.71. The van der Waals surface area contributed by atoms with Crippen LogP contribution < -0.4 is 5.73 Å². The smallest absolute Gasteiger partial charge is 0.229 e. The molecular weight excluding hydrogens is 318 g/mol. The molecular formula is C15H20BrN3O. The number of benzene rings is 1. The van der Waals surface area contributed by atoms with Crippen LogP contribution in [0.25, 0.3) is 11.4 Å². The Morgan fingerprint density at radius 3 is 2.80 bits per heavy atom. The van der Waals surface area contributed by atoms with Crippen LogP contribution in [0.15, 0.2) is 33.3 Å². The molecule has 2 unspecified atom stereocenters. The number of hydrogen-bond acceptors (Lipinski definition) is 4. The van der Waals surface area contributed by atoms with E-state index in [0.29, 0.717) is 11.7 Å². The monoisotopic (exact) mass is 337 g/mol. The molecule has 0 amide bonds. The van der Waals surface area contributed by atoms with Gasteiger partial charge in [0.2, 0.25) is 11.7 Å². The molecule has 2 rings (SSSR count). The second-order valence-corrected chi connectivity index (χ2v) is 6.19. The average molecular weight is 338 g/mol. The Labute approximate surface area is 127 Å². The predicted octanol–water partition coefficient (Wildman–Crippen LogP) is 4.12. The molecule has 0 aliphatic rings. The minimum atomic E-state index is 0.252. The van der Waals surface area contributed by atoms with Gasteiger partial charge < -0.3 is 10.3 Å². The highest BCUT2D eigenvalue weighted by atomic mass is 79.9. The lowest BCUT2D eigenvalue weighted by atomic mass is 10.0. The highest BCUT2D eigenvalue weighted by Gasteiger charge is 2.15. The van der Waals surface area contributed by atoms with Crippen LogP contribution in [0, 0.1) is 0 Å². The lowest BCUT2D eigenvalue weighted by molar-refractivity contribution is 0.350. The van der Waals surface area contributed by atoms with Gasteiger partial charge in [0.15, 0.2) is 0 Å². The van der Waals surface area contributed by atoms with Gasteiger partial charge in [0.1, 0.15) is 0 Å². The summed E-state index contributed by atoms with van der Waals surface area (Å²) >= 11 is 3.44. The molecule has 20 heavy (non-hydrogen) atoms. The number of halogens is 1. The number of aromatic nitrogens is 2. The Hall–Kier alpha value is -1.20. The predicted molar refractivity (Wildman–Crippen MR) is 83.3 cm³/mol. The van der Waals surface area contributed by atoms with Crippen molar-refractivity contribution in [1.29, 1.82) is 0 Å². The van der Waals surface area contributed by atoms with Crippen molar-refractivity contribution in [3.05, 3.63) is 34.6 Å². The first kappa shape index (κ1) is 15.2. The van der Waals surface area contributed by atoms with E-state index in [1.54, 1.807) is 0 Å². The molecule has 0 fully saturated rings. The van der Waals surface area contributed by atoms with Crippen LogP contribution in [-0.4, -0.2) is 16.2 Å². The molecule has 2 aromatic rings. The minimum absolute atomic E-state index is 0.252. The Morgan fingerprint density at radius 2 is 2.10 bits per heavy atom. The number of hydrogen-bond donors (Lipinski definition) is 1. The summed E-state index contributed by atoms with van der Waals surface area (Å²) in [5.74, 6) is 1.60. The Morgan fingerprint density at radius 1 is 1.30 bits per heavy atom. The number of rotatable bonds is 6. The van der Waals surface area contributed by atoms with E-state index >= 15 is 0 Å². The maximum absolute atomic E-state index is 5.76. The van der Waals surface area contributed by atoms with Crippen LogP contribution in [0.3, 0.4) is 0 Å². The van der Waals surface area contributed by atoms with Gasteiger partial charge in [0, 0.05) is 22.0 Å². The normalized spacial score (nSPS) is 14.2. The van der Waals surface area contributed by atoms with Crippen LogP contribution >= 0.6 is 15.9 Å². The van der Waals surface area contributed by atoms with Crippen molar-refractivity contribution in [2.75, 3.05) is 0 Å². The van der Waals surface area contributed by atoms with Crippen LogP contribution in [0.5, 0.6) is 0 Å². The summed E-state index contributed by atoms with van der Waals surface area (Å²) in [6.07, 6.45) is 3.12. The molecule has 1 aromatic heterocycles. The molecule has 108 valence electrons. The van der Waals surface area contributed by atoms with Crippen LogP contribution in [0.1, 0.15) is 44.9 Å². The van der Waals surface area contributed by atoms with Gasteiger partial charge in [-0.15, -0.1) is 0 Å². The van der Waals surface area contributed by atoms with Crippen molar-refractivity contribution >= 4 is 15.9 Å². The molecule has 0 bridgehead atoms.